The number of rotatable bonds is 3. The van der Waals surface area contributed by atoms with Gasteiger partial charge in [0, 0.05) is 6.07 Å². The number of H-pyrrole nitrogens is 1. The maximum absolute atomic E-state index is 12.3. The molecule has 0 unspecified atom stereocenters. The molecule has 0 fully saturated rings. The van der Waals surface area contributed by atoms with E-state index in [4.69, 9.17) is 4.42 Å². The Balaban J connectivity index is 1.83. The van der Waals surface area contributed by atoms with Crippen molar-refractivity contribution in [3.63, 3.8) is 0 Å². The number of carbonyl (C=O) groups is 1. The topological polar surface area (TPSA) is 70.9 Å². The molecule has 0 saturated heterocycles. The molecule has 1 aromatic carbocycles. The molecule has 102 valence electrons. The van der Waals surface area contributed by atoms with Crippen molar-refractivity contribution in [1.29, 1.82) is 0 Å². The Morgan fingerprint density at radius 2 is 2.05 bits per heavy atom. The first-order valence-corrected chi connectivity index (χ1v) is 6.37. The molecule has 2 aromatic heterocycles. The number of nitrogens with zero attached hydrogens (tertiary/aromatic N) is 1. The van der Waals surface area contributed by atoms with Crippen LogP contribution in [0, 0.1) is 0 Å². The van der Waals surface area contributed by atoms with Gasteiger partial charge in [0.05, 0.1) is 11.7 Å². The van der Waals surface area contributed by atoms with Gasteiger partial charge in [-0.2, -0.15) is 5.10 Å². The van der Waals surface area contributed by atoms with E-state index in [1.54, 1.807) is 12.3 Å². The summed E-state index contributed by atoms with van der Waals surface area (Å²) in [5, 5.41) is 9.57. The molecule has 0 atom stereocenters. The molecule has 0 bridgehead atoms. The molecule has 0 aliphatic carbocycles. The van der Waals surface area contributed by atoms with Crippen LogP contribution in [-0.2, 0) is 5.54 Å². The second-order valence-corrected chi connectivity index (χ2v) is 5.20. The molecule has 0 aliphatic rings. The Kier molecular flexibility index (Phi) is 2.82. The van der Waals surface area contributed by atoms with Crippen LogP contribution >= 0.6 is 0 Å². The summed E-state index contributed by atoms with van der Waals surface area (Å²) in [4.78, 5) is 12.3. The smallest absolute Gasteiger partial charge is 0.287 e. The Labute approximate surface area is 116 Å². The van der Waals surface area contributed by atoms with E-state index in [-0.39, 0.29) is 11.7 Å². The normalized spacial score (nSPS) is 11.7. The van der Waals surface area contributed by atoms with Gasteiger partial charge in [0.25, 0.3) is 5.91 Å². The molecular formula is C15H15N3O2. The summed E-state index contributed by atoms with van der Waals surface area (Å²) in [5.41, 5.74) is 1.85. The fourth-order valence-electron chi connectivity index (χ4n) is 2.13. The number of aromatic amines is 1. The lowest BCUT2D eigenvalue weighted by Crippen LogP contribution is -2.40. The zero-order valence-corrected chi connectivity index (χ0v) is 11.3. The van der Waals surface area contributed by atoms with Crippen LogP contribution in [0.3, 0.4) is 0 Å². The summed E-state index contributed by atoms with van der Waals surface area (Å²) in [6.07, 6.45) is 1.55. The average molecular weight is 269 g/mol. The van der Waals surface area contributed by atoms with Crippen LogP contribution in [-0.4, -0.2) is 16.1 Å². The first-order chi connectivity index (χ1) is 9.56. The van der Waals surface area contributed by atoms with E-state index < -0.39 is 5.54 Å². The first kappa shape index (κ1) is 12.5. The third-order valence-electron chi connectivity index (χ3n) is 3.27. The molecule has 2 heterocycles. The molecule has 20 heavy (non-hydrogen) atoms. The molecule has 0 radical (unpaired) electrons. The van der Waals surface area contributed by atoms with E-state index in [1.165, 1.54) is 0 Å². The maximum Gasteiger partial charge on any atom is 0.287 e. The van der Waals surface area contributed by atoms with Crippen molar-refractivity contribution in [1.82, 2.24) is 15.5 Å². The molecule has 2 N–H and O–H groups in total. The molecule has 0 saturated carbocycles. The van der Waals surface area contributed by atoms with Crippen LogP contribution in [0.5, 0.6) is 0 Å². The Hall–Kier alpha value is -2.56. The number of aromatic nitrogens is 2. The minimum Gasteiger partial charge on any atom is -0.448 e. The summed E-state index contributed by atoms with van der Waals surface area (Å²) < 4.78 is 5.45. The minimum atomic E-state index is -0.475. The van der Waals surface area contributed by atoms with Crippen LogP contribution in [0.2, 0.25) is 0 Å². The lowest BCUT2D eigenvalue weighted by atomic mass is 9.94. The molecule has 3 rings (SSSR count). The number of nitrogens with one attached hydrogen (secondary N) is 2. The number of fused-ring (bicyclic) bond motifs is 1. The van der Waals surface area contributed by atoms with Gasteiger partial charge in [0.1, 0.15) is 5.52 Å². The predicted molar refractivity (Wildman–Crippen MR) is 75.3 cm³/mol. The van der Waals surface area contributed by atoms with Gasteiger partial charge in [-0.05, 0) is 19.4 Å². The zero-order valence-electron chi connectivity index (χ0n) is 11.3. The molecule has 5 heteroatoms. The summed E-state index contributed by atoms with van der Waals surface area (Å²) in [5.74, 6) is 0.0288. The van der Waals surface area contributed by atoms with Crippen LogP contribution < -0.4 is 5.32 Å². The number of hydrogen-bond acceptors (Lipinski definition) is 3. The fraction of sp³-hybridized carbons (Fsp3) is 0.200. The molecule has 0 aliphatic heterocycles. The van der Waals surface area contributed by atoms with Crippen LogP contribution in [0.4, 0.5) is 0 Å². The van der Waals surface area contributed by atoms with Gasteiger partial charge in [-0.25, -0.2) is 0 Å². The molecular weight excluding hydrogens is 254 g/mol. The third kappa shape index (κ3) is 2.18. The summed E-state index contributed by atoms with van der Waals surface area (Å²) in [6, 6.07) is 11.5. The summed E-state index contributed by atoms with van der Waals surface area (Å²) >= 11 is 0. The monoisotopic (exact) mass is 269 g/mol. The largest absolute Gasteiger partial charge is 0.448 e. The van der Waals surface area contributed by atoms with Crippen LogP contribution in [0.15, 0.2) is 47.0 Å². The van der Waals surface area contributed by atoms with Crippen molar-refractivity contribution in [2.45, 2.75) is 19.4 Å². The van der Waals surface area contributed by atoms with E-state index in [1.807, 2.05) is 44.2 Å². The van der Waals surface area contributed by atoms with Crippen LogP contribution in [0.1, 0.15) is 30.0 Å². The van der Waals surface area contributed by atoms with Crippen molar-refractivity contribution in [3.05, 3.63) is 53.9 Å². The average Bonchev–Trinajstić information content (AvgIpc) is 3.00. The second kappa shape index (κ2) is 4.52. The van der Waals surface area contributed by atoms with E-state index >= 15 is 0 Å². The molecule has 1 amide bonds. The number of furan rings is 1. The van der Waals surface area contributed by atoms with Gasteiger partial charge in [-0.1, -0.05) is 30.3 Å². The lowest BCUT2D eigenvalue weighted by molar-refractivity contribution is 0.0885. The van der Waals surface area contributed by atoms with Gasteiger partial charge >= 0.3 is 0 Å². The van der Waals surface area contributed by atoms with Crippen molar-refractivity contribution in [2.24, 2.45) is 0 Å². The Bertz CT molecular complexity index is 712. The van der Waals surface area contributed by atoms with Gasteiger partial charge in [-0.15, -0.1) is 0 Å². The standard InChI is InChI=1S/C15H15N3O2/c1-15(2,10-6-4-3-5-7-10)17-14(19)12-8-11-13(20-12)9-16-18-11/h3-9H,1-2H3,(H,16,18)(H,17,19). The van der Waals surface area contributed by atoms with Gasteiger partial charge in [0.2, 0.25) is 0 Å². The molecule has 5 nitrogen and oxygen atoms in total. The highest BCUT2D eigenvalue weighted by molar-refractivity contribution is 5.95. The van der Waals surface area contributed by atoms with E-state index in [9.17, 15) is 4.79 Å². The first-order valence-electron chi connectivity index (χ1n) is 6.37. The summed E-state index contributed by atoms with van der Waals surface area (Å²) in [7, 11) is 0. The van der Waals surface area contributed by atoms with E-state index in [0.717, 1.165) is 5.56 Å². The van der Waals surface area contributed by atoms with E-state index in [2.05, 4.69) is 15.5 Å². The quantitative estimate of drug-likeness (QED) is 0.768. The Morgan fingerprint density at radius 3 is 2.75 bits per heavy atom. The number of benzene rings is 1. The SMILES string of the molecule is CC(C)(NC(=O)c1cc2[nH]ncc2o1)c1ccccc1. The predicted octanol–water partition coefficient (Wildman–Crippen LogP) is 2.82. The highest BCUT2D eigenvalue weighted by Gasteiger charge is 2.25. The maximum atomic E-state index is 12.3. The number of amides is 1. The van der Waals surface area contributed by atoms with E-state index in [0.29, 0.717) is 11.1 Å². The second-order valence-electron chi connectivity index (χ2n) is 5.20. The van der Waals surface area contributed by atoms with Gasteiger partial charge in [-0.3, -0.25) is 9.89 Å². The van der Waals surface area contributed by atoms with Crippen LogP contribution in [0.25, 0.3) is 11.1 Å². The highest BCUT2D eigenvalue weighted by Crippen LogP contribution is 2.22. The van der Waals surface area contributed by atoms with Crippen molar-refractivity contribution < 1.29 is 9.21 Å². The van der Waals surface area contributed by atoms with Crippen molar-refractivity contribution in [3.8, 4) is 0 Å². The number of hydrogen-bond donors (Lipinski definition) is 2. The van der Waals surface area contributed by atoms with Gasteiger partial charge in [0.15, 0.2) is 11.3 Å². The number of carbonyl (C=O) groups excluding carboxylic acids is 1. The molecule has 0 spiro atoms. The molecule has 3 aromatic rings. The van der Waals surface area contributed by atoms with Gasteiger partial charge < -0.3 is 9.73 Å². The fourth-order valence-corrected chi connectivity index (χ4v) is 2.13. The summed E-state index contributed by atoms with van der Waals surface area (Å²) in [6.45, 7) is 3.91. The zero-order chi connectivity index (χ0) is 14.2. The third-order valence-corrected chi connectivity index (χ3v) is 3.27. The minimum absolute atomic E-state index is 0.247. The van der Waals surface area contributed by atoms with Crippen molar-refractivity contribution in [2.75, 3.05) is 0 Å². The highest BCUT2D eigenvalue weighted by atomic mass is 16.3. The Morgan fingerprint density at radius 1 is 1.30 bits per heavy atom. The van der Waals surface area contributed by atoms with Crippen molar-refractivity contribution >= 4 is 17.0 Å². The lowest BCUT2D eigenvalue weighted by Gasteiger charge is -2.26.